The average molecular weight is 258 g/mol. The second-order valence-corrected chi connectivity index (χ2v) is 7.03. The van der Waals surface area contributed by atoms with Crippen LogP contribution >= 0.6 is 11.3 Å². The Kier molecular flexibility index (Phi) is 4.10. The van der Waals surface area contributed by atoms with E-state index in [0.717, 1.165) is 10.9 Å². The molecular weight excluding hydrogens is 240 g/mol. The van der Waals surface area contributed by atoms with E-state index >= 15 is 0 Å². The third-order valence-corrected chi connectivity index (χ3v) is 5.41. The van der Waals surface area contributed by atoms with Gasteiger partial charge in [-0.05, 0) is 26.3 Å². The highest BCUT2D eigenvalue weighted by atomic mass is 32.2. The first-order chi connectivity index (χ1) is 7.66. The second kappa shape index (κ2) is 5.38. The van der Waals surface area contributed by atoms with Crippen LogP contribution in [0.5, 0.6) is 0 Å². The summed E-state index contributed by atoms with van der Waals surface area (Å²) in [5.41, 5.74) is 0. The van der Waals surface area contributed by atoms with Gasteiger partial charge in [-0.25, -0.2) is 4.98 Å². The maximum Gasteiger partial charge on any atom is 0.180 e. The quantitative estimate of drug-likeness (QED) is 0.834. The normalized spacial score (nSPS) is 24.5. The minimum absolute atomic E-state index is 0.673. The molecule has 0 radical (unpaired) electrons. The maximum absolute atomic E-state index is 11.3. The third-order valence-electron chi connectivity index (χ3n) is 3.08. The summed E-state index contributed by atoms with van der Waals surface area (Å²) in [5.74, 6) is 0. The molecule has 0 N–H and O–H groups in total. The first-order valence-electron chi connectivity index (χ1n) is 5.69. The van der Waals surface area contributed by atoms with Gasteiger partial charge in [-0.3, -0.25) is 9.11 Å². The van der Waals surface area contributed by atoms with Crippen LogP contribution in [0.15, 0.2) is 10.5 Å². The van der Waals surface area contributed by atoms with Crippen molar-refractivity contribution in [2.24, 2.45) is 0 Å². The average Bonchev–Trinajstić information content (AvgIpc) is 2.70. The molecule has 1 aliphatic heterocycles. The fourth-order valence-corrected chi connectivity index (χ4v) is 3.75. The van der Waals surface area contributed by atoms with E-state index in [1.54, 1.807) is 17.6 Å². The fourth-order valence-electron chi connectivity index (χ4n) is 2.09. The van der Waals surface area contributed by atoms with E-state index in [4.69, 9.17) is 0 Å². The summed E-state index contributed by atoms with van der Waals surface area (Å²) in [4.78, 5) is 7.93. The first kappa shape index (κ1) is 12.2. The van der Waals surface area contributed by atoms with Gasteiger partial charge < -0.3 is 0 Å². The Morgan fingerprint density at radius 1 is 1.62 bits per heavy atom. The second-order valence-electron chi connectivity index (χ2n) is 4.36. The Balaban J connectivity index is 1.99. The molecule has 2 rings (SSSR count). The molecule has 16 heavy (non-hydrogen) atoms. The van der Waals surface area contributed by atoms with E-state index in [2.05, 4.69) is 16.8 Å². The minimum Gasteiger partial charge on any atom is -0.296 e. The van der Waals surface area contributed by atoms with E-state index in [-0.39, 0.29) is 0 Å². The predicted molar refractivity (Wildman–Crippen MR) is 68.2 cm³/mol. The van der Waals surface area contributed by atoms with Crippen molar-refractivity contribution in [1.29, 1.82) is 0 Å². The number of nitrogens with zero attached hydrogens (tertiary/aromatic N) is 2. The molecular formula is C11H18N2OS2. The van der Waals surface area contributed by atoms with Gasteiger partial charge in [0.1, 0.15) is 0 Å². The number of thiazole rings is 1. The van der Waals surface area contributed by atoms with Gasteiger partial charge >= 0.3 is 0 Å². The highest BCUT2D eigenvalue weighted by Crippen LogP contribution is 2.22. The van der Waals surface area contributed by atoms with Gasteiger partial charge in [-0.15, -0.1) is 11.3 Å². The number of rotatable bonds is 3. The molecule has 0 bridgehead atoms. The molecule has 2 atom stereocenters. The molecule has 2 heterocycles. The maximum atomic E-state index is 11.3. The Morgan fingerprint density at radius 3 is 3.06 bits per heavy atom. The zero-order valence-corrected chi connectivity index (χ0v) is 11.4. The summed E-state index contributed by atoms with van der Waals surface area (Å²) in [6.45, 7) is 4.44. The summed E-state index contributed by atoms with van der Waals surface area (Å²) in [6, 6.07) is 0.673. The Hall–Kier alpha value is -0.260. The van der Waals surface area contributed by atoms with Gasteiger partial charge in [0, 0.05) is 29.9 Å². The molecule has 1 saturated heterocycles. The zero-order valence-electron chi connectivity index (χ0n) is 9.81. The van der Waals surface area contributed by atoms with E-state index in [0.29, 0.717) is 6.04 Å². The highest BCUT2D eigenvalue weighted by Gasteiger charge is 2.19. The molecule has 2 unspecified atom stereocenters. The molecule has 5 heteroatoms. The fraction of sp³-hybridized carbons (Fsp3) is 0.727. The molecule has 1 aromatic rings. The highest BCUT2D eigenvalue weighted by molar-refractivity contribution is 7.86. The Labute approximate surface area is 103 Å². The summed E-state index contributed by atoms with van der Waals surface area (Å²) in [7, 11) is -0.935. The van der Waals surface area contributed by atoms with Gasteiger partial charge in [0.05, 0.1) is 10.8 Å². The van der Waals surface area contributed by atoms with Crippen LogP contribution in [-0.2, 0) is 17.3 Å². The van der Waals surface area contributed by atoms with Gasteiger partial charge in [0.25, 0.3) is 0 Å². The van der Waals surface area contributed by atoms with E-state index in [1.165, 1.54) is 30.7 Å². The smallest absolute Gasteiger partial charge is 0.180 e. The van der Waals surface area contributed by atoms with Crippen molar-refractivity contribution in [3.8, 4) is 0 Å². The Bertz CT molecular complexity index is 378. The molecule has 0 saturated carbocycles. The minimum atomic E-state index is -0.935. The lowest BCUT2D eigenvalue weighted by Crippen LogP contribution is -2.36. The molecule has 0 spiro atoms. The van der Waals surface area contributed by atoms with Gasteiger partial charge in [-0.2, -0.15) is 0 Å². The van der Waals surface area contributed by atoms with Crippen LogP contribution in [0, 0.1) is 0 Å². The van der Waals surface area contributed by atoms with Crippen molar-refractivity contribution < 1.29 is 4.21 Å². The van der Waals surface area contributed by atoms with Crippen molar-refractivity contribution in [3.63, 3.8) is 0 Å². The van der Waals surface area contributed by atoms with E-state index < -0.39 is 10.8 Å². The molecule has 1 aromatic heterocycles. The Morgan fingerprint density at radius 2 is 2.44 bits per heavy atom. The van der Waals surface area contributed by atoms with Crippen LogP contribution in [0.2, 0.25) is 0 Å². The topological polar surface area (TPSA) is 33.2 Å². The molecule has 1 fully saturated rings. The predicted octanol–water partition coefficient (Wildman–Crippen LogP) is 2.25. The monoisotopic (exact) mass is 258 g/mol. The summed E-state index contributed by atoms with van der Waals surface area (Å²) in [5, 5.41) is 0. The SMILES string of the molecule is CC1CCCCN1Cc1cnc(S(C)=O)s1. The summed E-state index contributed by atoms with van der Waals surface area (Å²) in [6.07, 6.45) is 7.51. The molecule has 0 aliphatic carbocycles. The largest absolute Gasteiger partial charge is 0.296 e. The standard InChI is InChI=1S/C11H18N2OS2/c1-9-5-3-4-6-13(9)8-10-7-12-11(15-10)16(2)14/h7,9H,3-6,8H2,1-2H3. The number of aromatic nitrogens is 1. The molecule has 0 aromatic carbocycles. The van der Waals surface area contributed by atoms with Crippen molar-refractivity contribution in [3.05, 3.63) is 11.1 Å². The van der Waals surface area contributed by atoms with Crippen LogP contribution < -0.4 is 0 Å². The lowest BCUT2D eigenvalue weighted by molar-refractivity contribution is 0.154. The molecule has 1 aliphatic rings. The lowest BCUT2D eigenvalue weighted by atomic mass is 10.0. The van der Waals surface area contributed by atoms with Crippen molar-refractivity contribution in [2.45, 2.75) is 43.1 Å². The van der Waals surface area contributed by atoms with Crippen LogP contribution in [-0.4, -0.2) is 32.9 Å². The van der Waals surface area contributed by atoms with Crippen LogP contribution in [0.25, 0.3) is 0 Å². The van der Waals surface area contributed by atoms with Gasteiger partial charge in [-0.1, -0.05) is 6.42 Å². The van der Waals surface area contributed by atoms with Gasteiger partial charge in [0.15, 0.2) is 4.34 Å². The lowest BCUT2D eigenvalue weighted by Gasteiger charge is -2.32. The van der Waals surface area contributed by atoms with Crippen molar-refractivity contribution in [1.82, 2.24) is 9.88 Å². The number of likely N-dealkylation sites (tertiary alicyclic amines) is 1. The number of hydrogen-bond donors (Lipinski definition) is 0. The first-order valence-corrected chi connectivity index (χ1v) is 8.06. The summed E-state index contributed by atoms with van der Waals surface area (Å²) >= 11 is 1.58. The van der Waals surface area contributed by atoms with Crippen molar-refractivity contribution >= 4 is 22.1 Å². The molecule has 0 amide bonds. The number of piperidine rings is 1. The van der Waals surface area contributed by atoms with Crippen LogP contribution in [0.4, 0.5) is 0 Å². The molecule has 3 nitrogen and oxygen atoms in total. The third kappa shape index (κ3) is 2.90. The zero-order chi connectivity index (χ0) is 11.5. The van der Waals surface area contributed by atoms with Crippen molar-refractivity contribution in [2.75, 3.05) is 12.8 Å². The van der Waals surface area contributed by atoms with E-state index in [9.17, 15) is 4.21 Å². The summed E-state index contributed by atoms with van der Waals surface area (Å²) < 4.78 is 12.0. The van der Waals surface area contributed by atoms with Gasteiger partial charge in [0.2, 0.25) is 0 Å². The van der Waals surface area contributed by atoms with Crippen LogP contribution in [0.3, 0.4) is 0 Å². The molecule has 90 valence electrons. The number of hydrogen-bond acceptors (Lipinski definition) is 4. The van der Waals surface area contributed by atoms with E-state index in [1.807, 2.05) is 6.20 Å². The van der Waals surface area contributed by atoms with Crippen LogP contribution in [0.1, 0.15) is 31.1 Å².